The molecule has 0 spiro atoms. The van der Waals surface area contributed by atoms with Gasteiger partial charge in [-0.1, -0.05) is 75.8 Å². The molecule has 0 atom stereocenters. The van der Waals surface area contributed by atoms with Crippen molar-refractivity contribution in [3.8, 4) is 11.5 Å². The number of para-hydroxylation sites is 1. The summed E-state index contributed by atoms with van der Waals surface area (Å²) in [6.07, 6.45) is 8.54. The van der Waals surface area contributed by atoms with E-state index in [1.54, 1.807) is 36.4 Å². The molecule has 0 aromatic heterocycles. The van der Waals surface area contributed by atoms with Crippen LogP contribution in [0.2, 0.25) is 0 Å². The monoisotopic (exact) mass is 398 g/mol. The van der Waals surface area contributed by atoms with Gasteiger partial charge >= 0.3 is 29.6 Å². The van der Waals surface area contributed by atoms with E-state index < -0.39 is 10.1 Å². The van der Waals surface area contributed by atoms with E-state index >= 15 is 0 Å². The number of hydrogen-bond donors (Lipinski definition) is 0. The molecule has 0 N–H and O–H groups in total. The molecular weight excluding hydrogens is 371 g/mol. The zero-order valence-electron chi connectivity index (χ0n) is 16.3. The van der Waals surface area contributed by atoms with Crippen LogP contribution in [0.1, 0.15) is 57.4 Å². The Bertz CT molecular complexity index is 776. The van der Waals surface area contributed by atoms with E-state index in [-0.39, 0.29) is 40.2 Å². The van der Waals surface area contributed by atoms with Gasteiger partial charge in [0.05, 0.1) is 0 Å². The van der Waals surface area contributed by atoms with E-state index in [1.165, 1.54) is 31.7 Å². The SMILES string of the molecule is CCCCCCCCCc1cccc(Oc2ccccc2)c1S(=O)(=O)[O-].[Na+]. The fourth-order valence-electron chi connectivity index (χ4n) is 3.01. The van der Waals surface area contributed by atoms with E-state index in [1.807, 2.05) is 6.07 Å². The molecule has 0 radical (unpaired) electrons. The average Bonchev–Trinajstić information content (AvgIpc) is 2.61. The zero-order chi connectivity index (χ0) is 18.8. The molecule has 0 fully saturated rings. The van der Waals surface area contributed by atoms with Crippen molar-refractivity contribution in [2.24, 2.45) is 0 Å². The van der Waals surface area contributed by atoms with Gasteiger partial charge in [-0.05, 0) is 36.6 Å². The predicted octanol–water partition coefficient (Wildman–Crippen LogP) is 2.68. The molecule has 0 aliphatic carbocycles. The summed E-state index contributed by atoms with van der Waals surface area (Å²) in [4.78, 5) is -0.227. The van der Waals surface area contributed by atoms with E-state index in [9.17, 15) is 13.0 Å². The van der Waals surface area contributed by atoms with E-state index in [2.05, 4.69) is 6.92 Å². The average molecular weight is 399 g/mol. The molecule has 0 heterocycles. The van der Waals surface area contributed by atoms with Crippen LogP contribution in [0.15, 0.2) is 53.4 Å². The summed E-state index contributed by atoms with van der Waals surface area (Å²) in [6, 6.07) is 13.9. The number of unbranched alkanes of at least 4 members (excludes halogenated alkanes) is 6. The molecule has 2 aromatic rings. The number of benzene rings is 2. The molecule has 6 heteroatoms. The molecule has 27 heavy (non-hydrogen) atoms. The van der Waals surface area contributed by atoms with Gasteiger partial charge in [0.2, 0.25) is 0 Å². The number of hydrogen-bond acceptors (Lipinski definition) is 4. The van der Waals surface area contributed by atoms with Gasteiger partial charge in [-0.3, -0.25) is 0 Å². The van der Waals surface area contributed by atoms with Crippen LogP contribution in [0.4, 0.5) is 0 Å². The van der Waals surface area contributed by atoms with Crippen molar-refractivity contribution >= 4 is 10.1 Å². The Kier molecular flexibility index (Phi) is 11.3. The molecule has 0 unspecified atom stereocenters. The van der Waals surface area contributed by atoms with E-state index in [0.29, 0.717) is 17.7 Å². The molecule has 0 saturated carbocycles. The van der Waals surface area contributed by atoms with Gasteiger partial charge < -0.3 is 9.29 Å². The number of aryl methyl sites for hydroxylation is 1. The molecule has 0 bridgehead atoms. The van der Waals surface area contributed by atoms with Crippen LogP contribution in [-0.2, 0) is 16.5 Å². The molecule has 142 valence electrons. The summed E-state index contributed by atoms with van der Waals surface area (Å²) in [5, 5.41) is 0. The third kappa shape index (κ3) is 8.36. The van der Waals surface area contributed by atoms with Gasteiger partial charge in [0, 0.05) is 0 Å². The van der Waals surface area contributed by atoms with Crippen LogP contribution in [0.3, 0.4) is 0 Å². The maximum absolute atomic E-state index is 11.8. The minimum atomic E-state index is -4.61. The second-order valence-electron chi connectivity index (χ2n) is 6.48. The van der Waals surface area contributed by atoms with E-state index in [4.69, 9.17) is 4.74 Å². The predicted molar refractivity (Wildman–Crippen MR) is 103 cm³/mol. The first-order valence-electron chi connectivity index (χ1n) is 9.33. The van der Waals surface area contributed by atoms with Gasteiger partial charge in [-0.25, -0.2) is 8.42 Å². The van der Waals surface area contributed by atoms with Gasteiger partial charge in [0.25, 0.3) is 0 Å². The van der Waals surface area contributed by atoms with Gasteiger partial charge in [0.15, 0.2) is 0 Å². The second kappa shape index (κ2) is 12.6. The fraction of sp³-hybridized carbons (Fsp3) is 0.429. The summed E-state index contributed by atoms with van der Waals surface area (Å²) in [6.45, 7) is 2.19. The first-order valence-corrected chi connectivity index (χ1v) is 10.7. The number of rotatable bonds is 11. The molecule has 0 aliphatic heterocycles. The quantitative estimate of drug-likeness (QED) is 0.332. The standard InChI is InChI=1S/C21H28O4S.Na/c1-2-3-4-5-6-7-9-13-18-14-12-17-20(21(18)26(22,23)24)25-19-15-10-8-11-16-19;/h8,10-12,14-17H,2-7,9,13H2,1H3,(H,22,23,24);/q;+1/p-1. The fourth-order valence-corrected chi connectivity index (χ4v) is 3.86. The van der Waals surface area contributed by atoms with Crippen LogP contribution in [-0.4, -0.2) is 13.0 Å². The molecule has 0 saturated heterocycles. The van der Waals surface area contributed by atoms with Crippen LogP contribution >= 0.6 is 0 Å². The van der Waals surface area contributed by atoms with Crippen molar-refractivity contribution in [3.63, 3.8) is 0 Å². The first kappa shape index (κ1) is 24.2. The Balaban J connectivity index is 0.00000364. The van der Waals surface area contributed by atoms with Crippen molar-refractivity contribution in [1.29, 1.82) is 0 Å². The zero-order valence-corrected chi connectivity index (χ0v) is 19.1. The maximum Gasteiger partial charge on any atom is 1.00 e. The van der Waals surface area contributed by atoms with Crippen molar-refractivity contribution in [2.45, 2.75) is 63.2 Å². The Labute approximate surface area is 185 Å². The number of ether oxygens (including phenoxy) is 1. The summed E-state index contributed by atoms with van der Waals surface area (Å²) in [5.74, 6) is 0.608. The first-order chi connectivity index (χ1) is 12.5. The van der Waals surface area contributed by atoms with Crippen LogP contribution in [0, 0.1) is 0 Å². The minimum Gasteiger partial charge on any atom is -0.744 e. The second-order valence-corrected chi connectivity index (χ2v) is 7.80. The van der Waals surface area contributed by atoms with E-state index in [0.717, 1.165) is 19.3 Å². The van der Waals surface area contributed by atoms with Gasteiger partial charge in [-0.15, -0.1) is 0 Å². The van der Waals surface area contributed by atoms with Gasteiger partial charge in [-0.2, -0.15) is 0 Å². The van der Waals surface area contributed by atoms with Crippen molar-refractivity contribution in [2.75, 3.05) is 0 Å². The molecule has 4 nitrogen and oxygen atoms in total. The third-order valence-corrected chi connectivity index (χ3v) is 5.29. The molecular formula is C21H27NaO4S. The van der Waals surface area contributed by atoms with Crippen LogP contribution in [0.5, 0.6) is 11.5 Å². The smallest absolute Gasteiger partial charge is 0.744 e. The van der Waals surface area contributed by atoms with Crippen LogP contribution in [0.25, 0.3) is 0 Å². The molecule has 0 amide bonds. The van der Waals surface area contributed by atoms with Crippen molar-refractivity contribution in [1.82, 2.24) is 0 Å². The minimum absolute atomic E-state index is 0. The maximum atomic E-state index is 11.8. The van der Waals surface area contributed by atoms with Crippen LogP contribution < -0.4 is 34.3 Å². The van der Waals surface area contributed by atoms with Crippen molar-refractivity contribution < 1.29 is 47.3 Å². The topological polar surface area (TPSA) is 66.4 Å². The summed E-state index contributed by atoms with van der Waals surface area (Å²) in [5.41, 5.74) is 0.544. The Morgan fingerprint density at radius 1 is 0.852 bits per heavy atom. The molecule has 2 aromatic carbocycles. The third-order valence-electron chi connectivity index (χ3n) is 4.33. The molecule has 0 aliphatic rings. The normalized spacial score (nSPS) is 11.0. The van der Waals surface area contributed by atoms with Crippen molar-refractivity contribution in [3.05, 3.63) is 54.1 Å². The Morgan fingerprint density at radius 3 is 2.11 bits per heavy atom. The van der Waals surface area contributed by atoms with Gasteiger partial charge in [0.1, 0.15) is 26.5 Å². The largest absolute Gasteiger partial charge is 1.00 e. The molecule has 2 rings (SSSR count). The summed E-state index contributed by atoms with van der Waals surface area (Å²) >= 11 is 0. The summed E-state index contributed by atoms with van der Waals surface area (Å²) in [7, 11) is -4.61. The summed E-state index contributed by atoms with van der Waals surface area (Å²) < 4.78 is 41.2. The Morgan fingerprint density at radius 2 is 1.48 bits per heavy atom. The Hall–Kier alpha value is -0.850.